The van der Waals surface area contributed by atoms with Gasteiger partial charge in [0.1, 0.15) is 0 Å². The van der Waals surface area contributed by atoms with Gasteiger partial charge in [-0.05, 0) is 48.9 Å². The SMILES string of the molecule is CCC12CCC1(C(C)C)CC2. The van der Waals surface area contributed by atoms with E-state index in [9.17, 15) is 0 Å². The smallest absolute Gasteiger partial charge is 0.0218 e. The molecule has 0 nitrogen and oxygen atoms in total. The Morgan fingerprint density at radius 1 is 1.09 bits per heavy atom. The third-order valence-corrected chi connectivity index (χ3v) is 4.94. The van der Waals surface area contributed by atoms with E-state index in [0.29, 0.717) is 0 Å². The van der Waals surface area contributed by atoms with Crippen molar-refractivity contribution >= 4 is 0 Å². The molecule has 0 N–H and O–H groups in total. The first-order chi connectivity index (χ1) is 5.17. The van der Waals surface area contributed by atoms with Gasteiger partial charge in [0.2, 0.25) is 0 Å². The van der Waals surface area contributed by atoms with E-state index in [1.54, 1.807) is 0 Å². The molecule has 0 heteroatoms. The van der Waals surface area contributed by atoms with Crippen molar-refractivity contribution < 1.29 is 0 Å². The van der Waals surface area contributed by atoms with Crippen LogP contribution in [0.3, 0.4) is 0 Å². The molecule has 0 spiro atoms. The van der Waals surface area contributed by atoms with Crippen LogP contribution in [-0.2, 0) is 0 Å². The predicted molar refractivity (Wildman–Crippen MR) is 48.5 cm³/mol. The molecule has 0 saturated heterocycles. The second kappa shape index (κ2) is 2.02. The Morgan fingerprint density at radius 3 is 1.73 bits per heavy atom. The van der Waals surface area contributed by atoms with Crippen LogP contribution in [0, 0.1) is 16.7 Å². The molecule has 0 unspecified atom stereocenters. The van der Waals surface area contributed by atoms with Gasteiger partial charge in [0.25, 0.3) is 0 Å². The first-order valence-corrected chi connectivity index (χ1v) is 5.17. The van der Waals surface area contributed by atoms with E-state index in [2.05, 4.69) is 20.8 Å². The zero-order chi connectivity index (χ0) is 8.11. The standard InChI is InChI=1S/C11H20/c1-4-10-5-7-11(10,8-6-10)9(2)3/h9H,4-8H2,1-3H3. The normalized spacial score (nSPS) is 48.0. The molecule has 2 rings (SSSR count). The second-order valence-corrected chi connectivity index (χ2v) is 4.94. The molecule has 0 aliphatic heterocycles. The zero-order valence-corrected chi connectivity index (χ0v) is 8.11. The molecule has 2 fully saturated rings. The van der Waals surface area contributed by atoms with E-state index >= 15 is 0 Å². The van der Waals surface area contributed by atoms with Crippen molar-refractivity contribution in [1.82, 2.24) is 0 Å². The third kappa shape index (κ3) is 0.625. The minimum absolute atomic E-state index is 0.807. The van der Waals surface area contributed by atoms with Crippen molar-refractivity contribution in [2.75, 3.05) is 0 Å². The molecular formula is C11H20. The molecule has 0 aromatic heterocycles. The van der Waals surface area contributed by atoms with E-state index in [4.69, 9.17) is 0 Å². The Balaban J connectivity index is 2.17. The van der Waals surface area contributed by atoms with E-state index < -0.39 is 0 Å². The summed E-state index contributed by atoms with van der Waals surface area (Å²) in [5.41, 5.74) is 1.63. The number of fused-ring (bicyclic) bond motifs is 1. The Bertz CT molecular complexity index is 153. The summed E-state index contributed by atoms with van der Waals surface area (Å²) >= 11 is 0. The van der Waals surface area contributed by atoms with Gasteiger partial charge in [-0.2, -0.15) is 0 Å². The fourth-order valence-electron chi connectivity index (χ4n) is 3.74. The van der Waals surface area contributed by atoms with Crippen LogP contribution in [0.2, 0.25) is 0 Å². The zero-order valence-electron chi connectivity index (χ0n) is 8.11. The van der Waals surface area contributed by atoms with Gasteiger partial charge in [0.15, 0.2) is 0 Å². The number of hydrogen-bond donors (Lipinski definition) is 0. The van der Waals surface area contributed by atoms with Crippen LogP contribution in [0.4, 0.5) is 0 Å². The molecule has 0 bridgehead atoms. The van der Waals surface area contributed by atoms with Gasteiger partial charge in [-0.15, -0.1) is 0 Å². The molecule has 2 aliphatic rings. The molecule has 0 heterocycles. The average molecular weight is 152 g/mol. The van der Waals surface area contributed by atoms with Crippen LogP contribution in [-0.4, -0.2) is 0 Å². The van der Waals surface area contributed by atoms with Crippen LogP contribution in [0.1, 0.15) is 52.9 Å². The number of hydrogen-bond acceptors (Lipinski definition) is 0. The molecule has 2 aliphatic carbocycles. The van der Waals surface area contributed by atoms with Crippen LogP contribution in [0.25, 0.3) is 0 Å². The maximum Gasteiger partial charge on any atom is -0.0218 e. The fourth-order valence-corrected chi connectivity index (χ4v) is 3.74. The quantitative estimate of drug-likeness (QED) is 0.567. The molecule has 0 radical (unpaired) electrons. The highest BCUT2D eigenvalue weighted by Crippen LogP contribution is 2.74. The minimum atomic E-state index is 0.807. The Kier molecular flexibility index (Phi) is 1.41. The van der Waals surface area contributed by atoms with Crippen molar-refractivity contribution in [1.29, 1.82) is 0 Å². The fraction of sp³-hybridized carbons (Fsp3) is 1.00. The average Bonchev–Trinajstić information content (AvgIpc) is 1.95. The maximum absolute atomic E-state index is 2.42. The first-order valence-electron chi connectivity index (χ1n) is 5.17. The van der Waals surface area contributed by atoms with Crippen LogP contribution >= 0.6 is 0 Å². The summed E-state index contributed by atoms with van der Waals surface area (Å²) in [6, 6.07) is 0. The van der Waals surface area contributed by atoms with Gasteiger partial charge < -0.3 is 0 Å². The summed E-state index contributed by atoms with van der Waals surface area (Å²) in [5, 5.41) is 0. The lowest BCUT2D eigenvalue weighted by Crippen LogP contribution is -2.61. The van der Waals surface area contributed by atoms with Crippen molar-refractivity contribution in [2.24, 2.45) is 16.7 Å². The predicted octanol–water partition coefficient (Wildman–Crippen LogP) is 3.61. The molecule has 0 amide bonds. The van der Waals surface area contributed by atoms with Crippen molar-refractivity contribution in [3.05, 3.63) is 0 Å². The number of rotatable bonds is 2. The minimum Gasteiger partial charge on any atom is -0.0648 e. The highest BCUT2D eigenvalue weighted by atomic mass is 14.7. The van der Waals surface area contributed by atoms with Crippen LogP contribution in [0.5, 0.6) is 0 Å². The second-order valence-electron chi connectivity index (χ2n) is 4.94. The van der Waals surface area contributed by atoms with Crippen molar-refractivity contribution in [3.63, 3.8) is 0 Å². The molecule has 0 atom stereocenters. The topological polar surface area (TPSA) is 0 Å². The van der Waals surface area contributed by atoms with Gasteiger partial charge in [-0.1, -0.05) is 20.8 Å². The summed E-state index contributed by atoms with van der Waals surface area (Å²) in [5.74, 6) is 0.935. The van der Waals surface area contributed by atoms with Gasteiger partial charge in [0, 0.05) is 0 Å². The Labute approximate surface area is 70.4 Å². The molecule has 11 heavy (non-hydrogen) atoms. The summed E-state index contributed by atoms with van der Waals surface area (Å²) in [4.78, 5) is 0. The molecule has 0 aromatic carbocycles. The lowest BCUT2D eigenvalue weighted by atomic mass is 9.34. The monoisotopic (exact) mass is 152 g/mol. The highest BCUT2D eigenvalue weighted by molar-refractivity contribution is 5.14. The summed E-state index contributed by atoms with van der Waals surface area (Å²) in [7, 11) is 0. The molecular weight excluding hydrogens is 132 g/mol. The molecule has 0 aromatic rings. The van der Waals surface area contributed by atoms with Crippen LogP contribution < -0.4 is 0 Å². The van der Waals surface area contributed by atoms with E-state index in [1.165, 1.54) is 32.1 Å². The van der Waals surface area contributed by atoms with Crippen molar-refractivity contribution in [2.45, 2.75) is 52.9 Å². The lowest BCUT2D eigenvalue weighted by Gasteiger charge is -2.71. The van der Waals surface area contributed by atoms with Gasteiger partial charge >= 0.3 is 0 Å². The Morgan fingerprint density at radius 2 is 1.64 bits per heavy atom. The lowest BCUT2D eigenvalue weighted by molar-refractivity contribution is -0.209. The van der Waals surface area contributed by atoms with Gasteiger partial charge in [-0.3, -0.25) is 0 Å². The van der Waals surface area contributed by atoms with Crippen molar-refractivity contribution in [3.8, 4) is 0 Å². The van der Waals surface area contributed by atoms with E-state index in [-0.39, 0.29) is 0 Å². The molecule has 64 valence electrons. The highest BCUT2D eigenvalue weighted by Gasteiger charge is 2.64. The van der Waals surface area contributed by atoms with Gasteiger partial charge in [-0.25, -0.2) is 0 Å². The summed E-state index contributed by atoms with van der Waals surface area (Å²) < 4.78 is 0. The first kappa shape index (κ1) is 7.64. The summed E-state index contributed by atoms with van der Waals surface area (Å²) in [6.07, 6.45) is 7.55. The molecule has 2 saturated carbocycles. The van der Waals surface area contributed by atoms with E-state index in [0.717, 1.165) is 16.7 Å². The van der Waals surface area contributed by atoms with Crippen LogP contribution in [0.15, 0.2) is 0 Å². The third-order valence-electron chi connectivity index (χ3n) is 4.94. The summed E-state index contributed by atoms with van der Waals surface area (Å²) in [6.45, 7) is 7.22. The van der Waals surface area contributed by atoms with Gasteiger partial charge in [0.05, 0.1) is 0 Å². The largest absolute Gasteiger partial charge is 0.0648 e. The maximum atomic E-state index is 2.42. The Hall–Kier alpha value is 0. The van der Waals surface area contributed by atoms with E-state index in [1.807, 2.05) is 0 Å².